The number of carbonyl (C=O) groups excluding carboxylic acids is 1. The quantitative estimate of drug-likeness (QED) is 0.173. The molecule has 3 aliphatic rings. The van der Waals surface area contributed by atoms with Gasteiger partial charge in [0.25, 0.3) is 0 Å². The molecule has 2 heteroatoms. The van der Waals surface area contributed by atoms with E-state index >= 15 is 0 Å². The van der Waals surface area contributed by atoms with Gasteiger partial charge in [-0.2, -0.15) is 0 Å². The van der Waals surface area contributed by atoms with Gasteiger partial charge in [-0.1, -0.05) is 145 Å². The predicted octanol–water partition coefficient (Wildman–Crippen LogP) is 11.3. The third-order valence-corrected chi connectivity index (χ3v) is 11.8. The maximum Gasteiger partial charge on any atom is 0.218 e. The number of fused-ring (bicyclic) bond motifs is 13. The Morgan fingerprint density at radius 3 is 1.82 bits per heavy atom. The Morgan fingerprint density at radius 2 is 1.20 bits per heavy atom. The minimum absolute atomic E-state index is 0.00649. The van der Waals surface area contributed by atoms with Gasteiger partial charge in [0.2, 0.25) is 6.41 Å². The van der Waals surface area contributed by atoms with E-state index in [1.165, 1.54) is 77.7 Å². The number of aromatic nitrogens is 1. The molecule has 2 nitrogen and oxygen atoms in total. The maximum absolute atomic E-state index is 13.5. The van der Waals surface area contributed by atoms with Gasteiger partial charge in [-0.05, 0) is 97.4 Å². The van der Waals surface area contributed by atoms with Crippen LogP contribution in [0.15, 0.2) is 109 Å². The molecule has 1 aromatic heterocycles. The zero-order valence-electron chi connectivity index (χ0n) is 29.7. The van der Waals surface area contributed by atoms with E-state index in [2.05, 4.69) is 152 Å². The van der Waals surface area contributed by atoms with E-state index in [1.807, 2.05) is 4.57 Å². The topological polar surface area (TPSA) is 22.0 Å². The monoisotopic (exact) mass is 637 g/mol. The van der Waals surface area contributed by atoms with Crippen LogP contribution in [0.3, 0.4) is 0 Å². The molecular formula is C47H43NO. The van der Waals surface area contributed by atoms with Gasteiger partial charge in [-0.25, -0.2) is 0 Å². The molecule has 9 rings (SSSR count). The average Bonchev–Trinajstić information content (AvgIpc) is 3.68. The first-order valence-electron chi connectivity index (χ1n) is 17.8. The SMILES string of the molecule is Cc1ccccc1-c1cccc2c3c(n(C=O)c12)C1=C(CC3)C2(c3ccccc31)c1cc(C(C)(C)C)ccc1-c1ccc(C(C)(C)C)cc12. The van der Waals surface area contributed by atoms with Gasteiger partial charge in [-0.3, -0.25) is 9.36 Å². The summed E-state index contributed by atoms with van der Waals surface area (Å²) in [5, 5.41) is 1.19. The first kappa shape index (κ1) is 30.1. The molecular weight excluding hydrogens is 595 g/mol. The summed E-state index contributed by atoms with van der Waals surface area (Å²) in [4.78, 5) is 13.5. The highest BCUT2D eigenvalue weighted by Gasteiger charge is 2.55. The van der Waals surface area contributed by atoms with Crippen molar-refractivity contribution in [2.24, 2.45) is 0 Å². The number of para-hydroxylation sites is 1. The van der Waals surface area contributed by atoms with E-state index in [4.69, 9.17) is 0 Å². The summed E-state index contributed by atoms with van der Waals surface area (Å²) >= 11 is 0. The Kier molecular flexibility index (Phi) is 6.18. The van der Waals surface area contributed by atoms with E-state index in [1.54, 1.807) is 0 Å². The summed E-state index contributed by atoms with van der Waals surface area (Å²) in [7, 11) is 0. The zero-order valence-corrected chi connectivity index (χ0v) is 29.7. The van der Waals surface area contributed by atoms with Crippen molar-refractivity contribution in [2.45, 2.75) is 77.6 Å². The molecule has 242 valence electrons. The molecule has 6 aromatic rings. The Balaban J connectivity index is 1.43. The van der Waals surface area contributed by atoms with Crippen molar-refractivity contribution in [3.8, 4) is 22.3 Å². The number of benzene rings is 5. The van der Waals surface area contributed by atoms with Crippen LogP contribution in [-0.4, -0.2) is 11.0 Å². The first-order valence-corrected chi connectivity index (χ1v) is 17.8. The summed E-state index contributed by atoms with van der Waals surface area (Å²) < 4.78 is 1.99. The standard InChI is InChI=1S/C47H43NO/c1-28-13-8-9-14-31(28)34-16-12-17-35-36-23-24-39-42(44(36)48(27-49)43(34)35)37-15-10-11-18-38(37)47(39)40-25-29(45(2,3)4)19-21-32(40)33-22-20-30(26-41(33)47)46(5,6)7/h8-22,25-27H,23-24H2,1-7H3. The molecule has 0 fully saturated rings. The van der Waals surface area contributed by atoms with Gasteiger partial charge in [0, 0.05) is 16.5 Å². The molecule has 49 heavy (non-hydrogen) atoms. The fourth-order valence-electron chi connectivity index (χ4n) is 9.40. The third-order valence-electron chi connectivity index (χ3n) is 11.8. The Bertz CT molecular complexity index is 2370. The van der Waals surface area contributed by atoms with Crippen LogP contribution in [-0.2, 0) is 27.5 Å². The van der Waals surface area contributed by atoms with E-state index in [-0.39, 0.29) is 10.8 Å². The second kappa shape index (κ2) is 10.0. The van der Waals surface area contributed by atoms with Crippen molar-refractivity contribution in [3.05, 3.63) is 159 Å². The van der Waals surface area contributed by atoms with Gasteiger partial charge >= 0.3 is 0 Å². The lowest BCUT2D eigenvalue weighted by Crippen LogP contribution is -2.29. The molecule has 5 aromatic carbocycles. The summed E-state index contributed by atoms with van der Waals surface area (Å²) in [6, 6.07) is 38.6. The summed E-state index contributed by atoms with van der Waals surface area (Å²) in [6.07, 6.45) is 2.89. The molecule has 0 saturated carbocycles. The number of carbonyl (C=O) groups is 1. The minimum Gasteiger partial charge on any atom is -0.281 e. The minimum atomic E-state index is -0.431. The molecule has 1 heterocycles. The van der Waals surface area contributed by atoms with Gasteiger partial charge in [0.05, 0.1) is 16.6 Å². The van der Waals surface area contributed by atoms with Crippen molar-refractivity contribution in [1.29, 1.82) is 0 Å². The van der Waals surface area contributed by atoms with Crippen LogP contribution in [0.25, 0.3) is 38.7 Å². The highest BCUT2D eigenvalue weighted by atomic mass is 16.1. The highest BCUT2D eigenvalue weighted by molar-refractivity contribution is 6.08. The second-order valence-corrected chi connectivity index (χ2v) is 16.5. The third kappa shape index (κ3) is 3.92. The number of aryl methyl sites for hydroxylation is 2. The van der Waals surface area contributed by atoms with E-state index < -0.39 is 5.41 Å². The normalized spacial score (nSPS) is 15.7. The van der Waals surface area contributed by atoms with Crippen LogP contribution in [0.4, 0.5) is 0 Å². The smallest absolute Gasteiger partial charge is 0.218 e. The van der Waals surface area contributed by atoms with Crippen LogP contribution in [0.5, 0.6) is 0 Å². The van der Waals surface area contributed by atoms with E-state index in [9.17, 15) is 4.79 Å². The lowest BCUT2D eigenvalue weighted by molar-refractivity contribution is 0.548. The van der Waals surface area contributed by atoms with Gasteiger partial charge in [-0.15, -0.1) is 0 Å². The lowest BCUT2D eigenvalue weighted by Gasteiger charge is -2.35. The molecule has 0 atom stereocenters. The maximum atomic E-state index is 13.5. The van der Waals surface area contributed by atoms with Crippen LogP contribution in [0.2, 0.25) is 0 Å². The molecule has 3 aliphatic carbocycles. The molecule has 0 N–H and O–H groups in total. The van der Waals surface area contributed by atoms with E-state index in [0.29, 0.717) is 0 Å². The molecule has 0 aliphatic heterocycles. The fraction of sp³-hybridized carbons (Fsp3) is 0.255. The number of allylic oxidation sites excluding steroid dienone is 1. The van der Waals surface area contributed by atoms with Gasteiger partial charge < -0.3 is 0 Å². The molecule has 0 radical (unpaired) electrons. The molecule has 0 bridgehead atoms. The molecule has 0 amide bonds. The number of hydrogen-bond donors (Lipinski definition) is 0. The Labute approximate surface area is 290 Å². The summed E-state index contributed by atoms with van der Waals surface area (Å²) in [5.74, 6) is 0. The van der Waals surface area contributed by atoms with Crippen molar-refractivity contribution >= 4 is 22.9 Å². The van der Waals surface area contributed by atoms with Crippen LogP contribution in [0.1, 0.15) is 98.2 Å². The number of nitrogens with zero attached hydrogens (tertiary/aromatic N) is 1. The van der Waals surface area contributed by atoms with Crippen LogP contribution >= 0.6 is 0 Å². The molecule has 0 unspecified atom stereocenters. The molecule has 1 spiro atoms. The largest absolute Gasteiger partial charge is 0.281 e. The van der Waals surface area contributed by atoms with Crippen molar-refractivity contribution in [1.82, 2.24) is 4.57 Å². The lowest BCUT2D eigenvalue weighted by atomic mass is 9.66. The van der Waals surface area contributed by atoms with Gasteiger partial charge in [0.15, 0.2) is 0 Å². The van der Waals surface area contributed by atoms with E-state index in [0.717, 1.165) is 36.0 Å². The Hall–Kier alpha value is -4.95. The second-order valence-electron chi connectivity index (χ2n) is 16.5. The number of hydrogen-bond acceptors (Lipinski definition) is 1. The van der Waals surface area contributed by atoms with Crippen molar-refractivity contribution in [2.75, 3.05) is 0 Å². The summed E-state index contributed by atoms with van der Waals surface area (Å²) in [5.41, 5.74) is 19.9. The summed E-state index contributed by atoms with van der Waals surface area (Å²) in [6.45, 7) is 16.1. The van der Waals surface area contributed by atoms with Crippen molar-refractivity contribution < 1.29 is 4.79 Å². The number of rotatable bonds is 2. The highest BCUT2D eigenvalue weighted by Crippen LogP contribution is 2.65. The first-order chi connectivity index (χ1) is 23.5. The fourth-order valence-corrected chi connectivity index (χ4v) is 9.40. The zero-order chi connectivity index (χ0) is 34.0. The predicted molar refractivity (Wildman–Crippen MR) is 204 cm³/mol. The van der Waals surface area contributed by atoms with Crippen LogP contribution < -0.4 is 0 Å². The van der Waals surface area contributed by atoms with Crippen molar-refractivity contribution in [3.63, 3.8) is 0 Å². The molecule has 0 saturated heterocycles. The Morgan fingerprint density at radius 1 is 0.612 bits per heavy atom. The van der Waals surface area contributed by atoms with Crippen LogP contribution in [0, 0.1) is 6.92 Å². The average molecular weight is 638 g/mol. The van der Waals surface area contributed by atoms with Gasteiger partial charge in [0.1, 0.15) is 0 Å².